The van der Waals surface area contributed by atoms with Gasteiger partial charge >= 0.3 is 0 Å². The first kappa shape index (κ1) is 12.6. The number of hydrogen-bond donors (Lipinski definition) is 2. The van der Waals surface area contributed by atoms with Crippen LogP contribution in [0, 0.1) is 0 Å². The zero-order valence-electron chi connectivity index (χ0n) is 11.3. The molecule has 0 spiro atoms. The molecule has 0 aliphatic carbocycles. The van der Waals surface area contributed by atoms with Crippen molar-refractivity contribution in [2.24, 2.45) is 0 Å². The fourth-order valence-electron chi connectivity index (χ4n) is 2.39. The van der Waals surface area contributed by atoms with E-state index in [1.54, 1.807) is 6.20 Å². The SMILES string of the molecule is CNCc1ccc(C(=O)c2c[nH]c3ccccc23)cc1. The van der Waals surface area contributed by atoms with E-state index in [9.17, 15) is 4.79 Å². The van der Waals surface area contributed by atoms with E-state index in [1.807, 2.05) is 55.6 Å². The average Bonchev–Trinajstić information content (AvgIpc) is 2.92. The number of H-pyrrole nitrogens is 1. The molecule has 2 aromatic carbocycles. The van der Waals surface area contributed by atoms with Gasteiger partial charge in [-0.15, -0.1) is 0 Å². The van der Waals surface area contributed by atoms with Crippen molar-refractivity contribution in [2.75, 3.05) is 7.05 Å². The van der Waals surface area contributed by atoms with Crippen LogP contribution in [0.25, 0.3) is 10.9 Å². The summed E-state index contributed by atoms with van der Waals surface area (Å²) in [4.78, 5) is 15.7. The third kappa shape index (κ3) is 2.24. The minimum Gasteiger partial charge on any atom is -0.360 e. The van der Waals surface area contributed by atoms with Gasteiger partial charge in [-0.25, -0.2) is 0 Å². The van der Waals surface area contributed by atoms with E-state index in [0.717, 1.165) is 28.6 Å². The van der Waals surface area contributed by atoms with Crippen LogP contribution < -0.4 is 5.32 Å². The third-order valence-electron chi connectivity index (χ3n) is 3.43. The van der Waals surface area contributed by atoms with Crippen LogP contribution in [0.5, 0.6) is 0 Å². The molecule has 3 rings (SSSR count). The zero-order valence-corrected chi connectivity index (χ0v) is 11.3. The summed E-state index contributed by atoms with van der Waals surface area (Å²) >= 11 is 0. The molecule has 1 heterocycles. The standard InChI is InChI=1S/C17H16N2O/c1-18-10-12-6-8-13(9-7-12)17(20)15-11-19-16-5-3-2-4-14(15)16/h2-9,11,18-19H,10H2,1H3. The Morgan fingerprint density at radius 3 is 2.60 bits per heavy atom. The smallest absolute Gasteiger partial charge is 0.195 e. The molecule has 0 radical (unpaired) electrons. The van der Waals surface area contributed by atoms with Crippen molar-refractivity contribution >= 4 is 16.7 Å². The number of aromatic nitrogens is 1. The molecule has 3 aromatic rings. The van der Waals surface area contributed by atoms with E-state index >= 15 is 0 Å². The molecular formula is C17H16N2O. The Balaban J connectivity index is 1.95. The van der Waals surface area contributed by atoms with Crippen LogP contribution in [0.3, 0.4) is 0 Å². The number of rotatable bonds is 4. The van der Waals surface area contributed by atoms with Gasteiger partial charge in [0.1, 0.15) is 0 Å². The van der Waals surface area contributed by atoms with Crippen molar-refractivity contribution in [1.29, 1.82) is 0 Å². The molecule has 2 N–H and O–H groups in total. The number of fused-ring (bicyclic) bond motifs is 1. The summed E-state index contributed by atoms with van der Waals surface area (Å²) in [6.07, 6.45) is 1.79. The number of hydrogen-bond acceptors (Lipinski definition) is 2. The van der Waals surface area contributed by atoms with E-state index < -0.39 is 0 Å². The van der Waals surface area contributed by atoms with Gasteiger partial charge in [0.05, 0.1) is 0 Å². The predicted molar refractivity (Wildman–Crippen MR) is 80.9 cm³/mol. The summed E-state index contributed by atoms with van der Waals surface area (Å²) in [5.41, 5.74) is 3.60. The Bertz CT molecular complexity index is 741. The highest BCUT2D eigenvalue weighted by Gasteiger charge is 2.13. The number of carbonyl (C=O) groups excluding carboxylic acids is 1. The molecule has 0 fully saturated rings. The van der Waals surface area contributed by atoms with Crippen LogP contribution in [0.4, 0.5) is 0 Å². The molecule has 0 aliphatic heterocycles. The van der Waals surface area contributed by atoms with Gasteiger partial charge in [0.15, 0.2) is 5.78 Å². The van der Waals surface area contributed by atoms with Gasteiger partial charge in [-0.05, 0) is 18.7 Å². The van der Waals surface area contributed by atoms with E-state index in [4.69, 9.17) is 0 Å². The number of nitrogens with one attached hydrogen (secondary N) is 2. The highest BCUT2D eigenvalue weighted by molar-refractivity contribution is 6.16. The third-order valence-corrected chi connectivity index (χ3v) is 3.43. The molecule has 0 amide bonds. The molecule has 0 saturated carbocycles. The molecule has 0 saturated heterocycles. The lowest BCUT2D eigenvalue weighted by Gasteiger charge is -2.03. The van der Waals surface area contributed by atoms with Crippen molar-refractivity contribution < 1.29 is 4.79 Å². The van der Waals surface area contributed by atoms with Gasteiger partial charge in [-0.1, -0.05) is 42.5 Å². The Morgan fingerprint density at radius 1 is 1.10 bits per heavy atom. The predicted octanol–water partition coefficient (Wildman–Crippen LogP) is 3.12. The number of carbonyl (C=O) groups is 1. The van der Waals surface area contributed by atoms with E-state index in [0.29, 0.717) is 0 Å². The van der Waals surface area contributed by atoms with Crippen LogP contribution in [-0.2, 0) is 6.54 Å². The Hall–Kier alpha value is -2.39. The quantitative estimate of drug-likeness (QED) is 0.711. The second-order valence-electron chi connectivity index (χ2n) is 4.80. The maximum Gasteiger partial charge on any atom is 0.195 e. The largest absolute Gasteiger partial charge is 0.360 e. The van der Waals surface area contributed by atoms with Gasteiger partial charge in [0.2, 0.25) is 0 Å². The minimum atomic E-state index is 0.0541. The number of aromatic amines is 1. The van der Waals surface area contributed by atoms with E-state index in [2.05, 4.69) is 10.3 Å². The Morgan fingerprint density at radius 2 is 1.85 bits per heavy atom. The van der Waals surface area contributed by atoms with Crippen LogP contribution in [0.15, 0.2) is 54.7 Å². The lowest BCUT2D eigenvalue weighted by Crippen LogP contribution is -2.06. The summed E-state index contributed by atoms with van der Waals surface area (Å²) in [6, 6.07) is 15.6. The highest BCUT2D eigenvalue weighted by atomic mass is 16.1. The van der Waals surface area contributed by atoms with Crippen molar-refractivity contribution in [2.45, 2.75) is 6.54 Å². The molecule has 20 heavy (non-hydrogen) atoms. The monoisotopic (exact) mass is 264 g/mol. The van der Waals surface area contributed by atoms with Gasteiger partial charge in [-0.3, -0.25) is 4.79 Å². The van der Waals surface area contributed by atoms with Crippen LogP contribution in [-0.4, -0.2) is 17.8 Å². The van der Waals surface area contributed by atoms with Crippen molar-refractivity contribution in [3.63, 3.8) is 0 Å². The van der Waals surface area contributed by atoms with E-state index in [-0.39, 0.29) is 5.78 Å². The molecule has 0 bridgehead atoms. The molecule has 0 aliphatic rings. The van der Waals surface area contributed by atoms with Crippen LogP contribution >= 0.6 is 0 Å². The zero-order chi connectivity index (χ0) is 13.9. The first-order valence-electron chi connectivity index (χ1n) is 6.64. The fraction of sp³-hybridized carbons (Fsp3) is 0.118. The lowest BCUT2D eigenvalue weighted by molar-refractivity contribution is 0.104. The molecule has 0 atom stereocenters. The van der Waals surface area contributed by atoms with Gasteiger partial charge < -0.3 is 10.3 Å². The number of ketones is 1. The lowest BCUT2D eigenvalue weighted by atomic mass is 10.0. The summed E-state index contributed by atoms with van der Waals surface area (Å²) < 4.78 is 0. The van der Waals surface area contributed by atoms with Crippen molar-refractivity contribution in [1.82, 2.24) is 10.3 Å². The molecule has 1 aromatic heterocycles. The first-order chi connectivity index (χ1) is 9.79. The average molecular weight is 264 g/mol. The van der Waals surface area contributed by atoms with Gasteiger partial charge in [0.25, 0.3) is 0 Å². The maximum absolute atomic E-state index is 12.6. The maximum atomic E-state index is 12.6. The number of benzene rings is 2. The summed E-state index contributed by atoms with van der Waals surface area (Å²) in [5, 5.41) is 4.06. The summed E-state index contributed by atoms with van der Waals surface area (Å²) in [7, 11) is 1.91. The van der Waals surface area contributed by atoms with Crippen LogP contribution in [0.2, 0.25) is 0 Å². The summed E-state index contributed by atoms with van der Waals surface area (Å²) in [5.74, 6) is 0.0541. The van der Waals surface area contributed by atoms with Crippen molar-refractivity contribution in [3.05, 3.63) is 71.4 Å². The Labute approximate surface area is 117 Å². The molecular weight excluding hydrogens is 248 g/mol. The first-order valence-corrected chi connectivity index (χ1v) is 6.64. The second-order valence-corrected chi connectivity index (χ2v) is 4.80. The van der Waals surface area contributed by atoms with E-state index in [1.165, 1.54) is 5.56 Å². The minimum absolute atomic E-state index is 0.0541. The van der Waals surface area contributed by atoms with Crippen LogP contribution in [0.1, 0.15) is 21.5 Å². The van der Waals surface area contributed by atoms with Gasteiger partial charge in [0, 0.05) is 34.8 Å². The highest BCUT2D eigenvalue weighted by Crippen LogP contribution is 2.21. The summed E-state index contributed by atoms with van der Waals surface area (Å²) in [6.45, 7) is 0.807. The molecule has 3 nitrogen and oxygen atoms in total. The normalized spacial score (nSPS) is 10.8. The Kier molecular flexibility index (Phi) is 3.35. The molecule has 0 unspecified atom stereocenters. The second kappa shape index (κ2) is 5.31. The van der Waals surface area contributed by atoms with Crippen molar-refractivity contribution in [3.8, 4) is 0 Å². The number of para-hydroxylation sites is 1. The molecule has 3 heteroatoms. The fourth-order valence-corrected chi connectivity index (χ4v) is 2.39. The molecule has 100 valence electrons. The topological polar surface area (TPSA) is 44.9 Å². The van der Waals surface area contributed by atoms with Gasteiger partial charge in [-0.2, -0.15) is 0 Å².